The molecule has 29 heavy (non-hydrogen) atoms. The van der Waals surface area contributed by atoms with Crippen molar-refractivity contribution in [1.29, 1.82) is 0 Å². The lowest BCUT2D eigenvalue weighted by Crippen LogP contribution is -2.05. The van der Waals surface area contributed by atoms with Crippen molar-refractivity contribution in [2.24, 2.45) is 0 Å². The Labute approximate surface area is 167 Å². The van der Waals surface area contributed by atoms with Crippen molar-refractivity contribution < 1.29 is 4.98 Å². The molecule has 0 radical (unpaired) electrons. The highest BCUT2D eigenvalue weighted by molar-refractivity contribution is 7.22. The maximum Gasteiger partial charge on any atom is 0.307 e. The predicted molar refractivity (Wildman–Crippen MR) is 115 cm³/mol. The summed E-state index contributed by atoms with van der Waals surface area (Å²) in [5.41, 5.74) is 10.2. The molecule has 6 rings (SSSR count). The van der Waals surface area contributed by atoms with Gasteiger partial charge in [-0.25, -0.2) is 4.98 Å². The van der Waals surface area contributed by atoms with E-state index in [-0.39, 0.29) is 5.95 Å². The van der Waals surface area contributed by atoms with Gasteiger partial charge in [0.15, 0.2) is 12.1 Å². The van der Waals surface area contributed by atoms with Crippen LogP contribution in [0.4, 0.5) is 17.5 Å². The van der Waals surface area contributed by atoms with E-state index in [1.54, 1.807) is 17.7 Å². The van der Waals surface area contributed by atoms with Gasteiger partial charge in [0.2, 0.25) is 5.52 Å². The third-order valence-electron chi connectivity index (χ3n) is 4.85. The van der Waals surface area contributed by atoms with Gasteiger partial charge in [-0.2, -0.15) is 10.1 Å². The van der Waals surface area contributed by atoms with E-state index in [9.17, 15) is 0 Å². The molecule has 2 aromatic carbocycles. The topological polar surface area (TPSA) is 122 Å². The van der Waals surface area contributed by atoms with E-state index in [1.807, 2.05) is 12.3 Å². The number of anilines is 3. The number of hydrogen-bond donors (Lipinski definition) is 4. The lowest BCUT2D eigenvalue weighted by molar-refractivity contribution is -0.347. The number of thiophene rings is 1. The molecule has 4 heterocycles. The number of aromatic nitrogens is 6. The quantitative estimate of drug-likeness (QED) is 0.360. The minimum atomic E-state index is 0.199. The van der Waals surface area contributed by atoms with Gasteiger partial charge < -0.3 is 11.1 Å². The zero-order chi connectivity index (χ0) is 19.4. The summed E-state index contributed by atoms with van der Waals surface area (Å²) >= 11 is 1.76. The molecule has 0 fully saturated rings. The first-order chi connectivity index (χ1) is 14.2. The maximum atomic E-state index is 5.87. The molecule has 0 aliphatic heterocycles. The monoisotopic (exact) mass is 399 g/mol. The fourth-order valence-corrected chi connectivity index (χ4v) is 4.65. The highest BCUT2D eigenvalue weighted by atomic mass is 32.1. The second-order valence-electron chi connectivity index (χ2n) is 6.72. The van der Waals surface area contributed by atoms with Gasteiger partial charge in [-0.3, -0.25) is 10.1 Å². The third kappa shape index (κ3) is 2.59. The standard InChI is InChI=1S/C20H14N8S/c21-20-26-18-17(22-9-23-18)19(27-20)25-12-5-11-8-24-28-16(11)13(7-12)15-6-10-3-1-2-4-14(10)29-15/h1-9H,(H,24,28)(H4,21,22,23,25,26,27)/p+1. The summed E-state index contributed by atoms with van der Waals surface area (Å²) < 4.78 is 1.25. The Morgan fingerprint density at radius 2 is 1.97 bits per heavy atom. The van der Waals surface area contributed by atoms with Crippen molar-refractivity contribution in [3.05, 3.63) is 55.0 Å². The molecular weight excluding hydrogens is 384 g/mol. The molecular formula is C20H15N8S+. The molecule has 0 atom stereocenters. The van der Waals surface area contributed by atoms with Crippen molar-refractivity contribution in [2.45, 2.75) is 0 Å². The van der Waals surface area contributed by atoms with Crippen LogP contribution in [0, 0.1) is 0 Å². The van der Waals surface area contributed by atoms with Crippen LogP contribution >= 0.6 is 11.3 Å². The van der Waals surface area contributed by atoms with E-state index < -0.39 is 0 Å². The first-order valence-electron chi connectivity index (χ1n) is 9.00. The van der Waals surface area contributed by atoms with Gasteiger partial charge >= 0.3 is 5.65 Å². The minimum Gasteiger partial charge on any atom is -0.354 e. The van der Waals surface area contributed by atoms with E-state index in [4.69, 9.17) is 5.73 Å². The number of nitrogens with one attached hydrogen (secondary N) is 4. The van der Waals surface area contributed by atoms with Crippen LogP contribution in [0.2, 0.25) is 0 Å². The fourth-order valence-electron chi connectivity index (χ4n) is 3.56. The number of hydrogen-bond acceptors (Lipinski definition) is 6. The van der Waals surface area contributed by atoms with Crippen LogP contribution < -0.4 is 16.0 Å². The minimum absolute atomic E-state index is 0.199. The van der Waals surface area contributed by atoms with Crippen LogP contribution in [-0.2, 0) is 0 Å². The average Bonchev–Trinajstić information content (AvgIpc) is 3.45. The van der Waals surface area contributed by atoms with E-state index in [2.05, 4.69) is 71.8 Å². The van der Waals surface area contributed by atoms with Crippen LogP contribution in [0.15, 0.2) is 55.0 Å². The molecule has 0 aliphatic rings. The Morgan fingerprint density at radius 3 is 2.90 bits per heavy atom. The molecule has 140 valence electrons. The van der Waals surface area contributed by atoms with Crippen LogP contribution in [0.5, 0.6) is 0 Å². The Bertz CT molecular complexity index is 1480. The fraction of sp³-hybridized carbons (Fsp3) is 0. The van der Waals surface area contributed by atoms with Crippen molar-refractivity contribution in [1.82, 2.24) is 25.1 Å². The molecule has 6 N–H and O–H groups in total. The number of nitrogen functional groups attached to an aromatic ring is 1. The van der Waals surface area contributed by atoms with Gasteiger partial charge in [-0.15, -0.1) is 11.3 Å². The first kappa shape index (κ1) is 16.0. The highest BCUT2D eigenvalue weighted by Gasteiger charge is 2.16. The second kappa shape index (κ2) is 6.01. The smallest absolute Gasteiger partial charge is 0.307 e. The molecule has 4 aromatic heterocycles. The van der Waals surface area contributed by atoms with Gasteiger partial charge in [0.1, 0.15) is 0 Å². The van der Waals surface area contributed by atoms with Gasteiger partial charge in [0.05, 0.1) is 11.7 Å². The highest BCUT2D eigenvalue weighted by Crippen LogP contribution is 2.38. The van der Waals surface area contributed by atoms with Gasteiger partial charge in [0.25, 0.3) is 5.95 Å². The number of H-pyrrole nitrogens is 3. The van der Waals surface area contributed by atoms with E-state index in [1.165, 1.54) is 15.0 Å². The second-order valence-corrected chi connectivity index (χ2v) is 7.80. The number of rotatable bonds is 3. The summed E-state index contributed by atoms with van der Waals surface area (Å²) in [6, 6.07) is 14.7. The molecule has 0 saturated carbocycles. The van der Waals surface area contributed by atoms with E-state index in [0.717, 1.165) is 27.7 Å². The lowest BCUT2D eigenvalue weighted by atomic mass is 10.1. The van der Waals surface area contributed by atoms with Crippen LogP contribution in [0.3, 0.4) is 0 Å². The van der Waals surface area contributed by atoms with Gasteiger partial charge in [-0.05, 0) is 29.7 Å². The molecule has 0 unspecified atom stereocenters. The molecule has 0 spiro atoms. The van der Waals surface area contributed by atoms with Crippen molar-refractivity contribution >= 4 is 60.9 Å². The molecule has 6 aromatic rings. The van der Waals surface area contributed by atoms with Gasteiger partial charge in [0, 0.05) is 26.2 Å². The van der Waals surface area contributed by atoms with Crippen molar-refractivity contribution in [3.8, 4) is 10.4 Å². The van der Waals surface area contributed by atoms with Crippen LogP contribution in [0.25, 0.3) is 42.6 Å². The summed E-state index contributed by atoms with van der Waals surface area (Å²) in [4.78, 5) is 15.9. The summed E-state index contributed by atoms with van der Waals surface area (Å²) in [5.74, 6) is 0.809. The summed E-state index contributed by atoms with van der Waals surface area (Å²) in [6.45, 7) is 0. The zero-order valence-corrected chi connectivity index (χ0v) is 15.8. The third-order valence-corrected chi connectivity index (χ3v) is 6.00. The number of nitrogens with zero attached hydrogens (tertiary/aromatic N) is 3. The van der Waals surface area contributed by atoms with Crippen molar-refractivity contribution in [2.75, 3.05) is 11.1 Å². The number of aromatic amines is 3. The molecule has 0 amide bonds. The SMILES string of the molecule is Nc1nc(Nc2cc(-c3cc4ccccc4s3)c3[nH]ncc3c2)c2[nH]c[nH+]c2n1. The Hall–Kier alpha value is -3.98. The Kier molecular flexibility index (Phi) is 3.32. The first-order valence-corrected chi connectivity index (χ1v) is 9.82. The lowest BCUT2D eigenvalue weighted by Gasteiger charge is -2.08. The number of fused-ring (bicyclic) bond motifs is 3. The number of nitrogens with two attached hydrogens (primary N) is 1. The summed E-state index contributed by atoms with van der Waals surface area (Å²) in [7, 11) is 0. The number of benzene rings is 2. The molecule has 0 saturated heterocycles. The molecule has 0 aliphatic carbocycles. The largest absolute Gasteiger partial charge is 0.354 e. The Balaban J connectivity index is 1.52. The van der Waals surface area contributed by atoms with E-state index in [0.29, 0.717) is 11.5 Å². The molecule has 8 nitrogen and oxygen atoms in total. The predicted octanol–water partition coefficient (Wildman–Crippen LogP) is 3.86. The van der Waals surface area contributed by atoms with E-state index >= 15 is 0 Å². The summed E-state index contributed by atoms with van der Waals surface area (Å²) in [6.07, 6.45) is 3.52. The Morgan fingerprint density at radius 1 is 1.03 bits per heavy atom. The van der Waals surface area contributed by atoms with Gasteiger partial charge in [-0.1, -0.05) is 23.2 Å². The van der Waals surface area contributed by atoms with Crippen LogP contribution in [0.1, 0.15) is 0 Å². The zero-order valence-electron chi connectivity index (χ0n) is 15.0. The van der Waals surface area contributed by atoms with Crippen molar-refractivity contribution in [3.63, 3.8) is 0 Å². The normalized spacial score (nSPS) is 11.6. The summed E-state index contributed by atoms with van der Waals surface area (Å²) in [5, 5.41) is 13.0. The molecule has 9 heteroatoms. The molecule has 0 bridgehead atoms. The average molecular weight is 399 g/mol. The maximum absolute atomic E-state index is 5.87. The van der Waals surface area contributed by atoms with Crippen LogP contribution in [-0.4, -0.2) is 25.1 Å². The number of imidazole rings is 1.